The molecule has 1 aromatic heterocycles. The fourth-order valence-electron chi connectivity index (χ4n) is 1.11. The highest BCUT2D eigenvalue weighted by atomic mass is 32.2. The van der Waals surface area contributed by atoms with Crippen molar-refractivity contribution in [3.63, 3.8) is 0 Å². The molecule has 0 fully saturated rings. The van der Waals surface area contributed by atoms with Crippen LogP contribution in [0.1, 0.15) is 16.8 Å². The number of carboxylic acid groups (broad SMARTS) is 1. The van der Waals surface area contributed by atoms with E-state index in [1.165, 1.54) is 24.2 Å². The third-order valence-corrected chi connectivity index (χ3v) is 2.62. The van der Waals surface area contributed by atoms with Crippen LogP contribution in [-0.2, 0) is 4.79 Å². The van der Waals surface area contributed by atoms with E-state index in [9.17, 15) is 9.59 Å². The molecule has 0 radical (unpaired) electrons. The maximum atomic E-state index is 11.5. The molecule has 0 aliphatic rings. The molecule has 3 N–H and O–H groups in total. The first-order chi connectivity index (χ1) is 7.65. The zero-order valence-corrected chi connectivity index (χ0v) is 9.58. The van der Waals surface area contributed by atoms with Crippen LogP contribution in [0.25, 0.3) is 0 Å². The Morgan fingerprint density at radius 2 is 2.44 bits per heavy atom. The molecular weight excluding hydrogens is 230 g/mol. The maximum absolute atomic E-state index is 11.5. The predicted molar refractivity (Wildman–Crippen MR) is 60.5 cm³/mol. The number of carbonyl (C=O) groups is 2. The second kappa shape index (κ2) is 6.16. The number of amides is 1. The largest absolute Gasteiger partial charge is 0.480 e. The average Bonchev–Trinajstić information content (AvgIpc) is 2.76. The molecular formula is C9H13N3O3S. The summed E-state index contributed by atoms with van der Waals surface area (Å²) in [5, 5.41) is 17.5. The summed E-state index contributed by atoms with van der Waals surface area (Å²) in [6.07, 6.45) is 5.06. The number of H-pyrrole nitrogens is 1. The van der Waals surface area contributed by atoms with Gasteiger partial charge in [-0.05, 0) is 18.4 Å². The van der Waals surface area contributed by atoms with E-state index in [0.717, 1.165) is 0 Å². The van der Waals surface area contributed by atoms with Gasteiger partial charge in [0.05, 0.1) is 11.8 Å². The summed E-state index contributed by atoms with van der Waals surface area (Å²) < 4.78 is 0. The molecule has 0 unspecified atom stereocenters. The van der Waals surface area contributed by atoms with Crippen molar-refractivity contribution in [1.29, 1.82) is 0 Å². The van der Waals surface area contributed by atoms with Gasteiger partial charge in [0.15, 0.2) is 0 Å². The number of nitrogens with zero attached hydrogens (tertiary/aromatic N) is 1. The van der Waals surface area contributed by atoms with E-state index >= 15 is 0 Å². The number of hydrogen-bond donors (Lipinski definition) is 3. The standard InChI is InChI=1S/C9H13N3O3S/c1-16-3-2-7(9(14)15)12-8(13)6-4-10-11-5-6/h4-5,7H,2-3H2,1H3,(H,10,11)(H,12,13)(H,14,15)/t7-/m0/s1. The van der Waals surface area contributed by atoms with Crippen LogP contribution in [0.5, 0.6) is 0 Å². The molecule has 0 aromatic carbocycles. The van der Waals surface area contributed by atoms with Gasteiger partial charge in [-0.25, -0.2) is 4.79 Å². The second-order valence-electron chi connectivity index (χ2n) is 3.13. The summed E-state index contributed by atoms with van der Waals surface area (Å²) in [7, 11) is 0. The van der Waals surface area contributed by atoms with Gasteiger partial charge in [-0.1, -0.05) is 0 Å². The third-order valence-electron chi connectivity index (χ3n) is 1.97. The quantitative estimate of drug-likeness (QED) is 0.670. The van der Waals surface area contributed by atoms with Crippen LogP contribution in [-0.4, -0.2) is 45.2 Å². The van der Waals surface area contributed by atoms with Crippen LogP contribution in [0.3, 0.4) is 0 Å². The minimum atomic E-state index is -1.02. The molecule has 88 valence electrons. The van der Waals surface area contributed by atoms with Gasteiger partial charge in [0.2, 0.25) is 0 Å². The number of carboxylic acids is 1. The number of aromatic nitrogens is 2. The van der Waals surface area contributed by atoms with Crippen molar-refractivity contribution < 1.29 is 14.7 Å². The number of nitrogens with one attached hydrogen (secondary N) is 2. The molecule has 7 heteroatoms. The molecule has 0 aliphatic heterocycles. The number of thioether (sulfide) groups is 1. The lowest BCUT2D eigenvalue weighted by Gasteiger charge is -2.12. The fourth-order valence-corrected chi connectivity index (χ4v) is 1.58. The van der Waals surface area contributed by atoms with Gasteiger partial charge in [-0.2, -0.15) is 16.9 Å². The summed E-state index contributed by atoms with van der Waals surface area (Å²) in [5.41, 5.74) is 0.329. The summed E-state index contributed by atoms with van der Waals surface area (Å²) in [6, 6.07) is -0.852. The van der Waals surface area contributed by atoms with Gasteiger partial charge in [0.25, 0.3) is 5.91 Å². The van der Waals surface area contributed by atoms with E-state index in [1.54, 1.807) is 0 Å². The summed E-state index contributed by atoms with van der Waals surface area (Å²) in [4.78, 5) is 22.4. The highest BCUT2D eigenvalue weighted by Crippen LogP contribution is 2.02. The van der Waals surface area contributed by atoms with Crippen molar-refractivity contribution in [1.82, 2.24) is 15.5 Å². The van der Waals surface area contributed by atoms with Crippen LogP contribution >= 0.6 is 11.8 Å². The molecule has 6 nitrogen and oxygen atoms in total. The Morgan fingerprint density at radius 3 is 2.94 bits per heavy atom. The Labute approximate surface area is 96.8 Å². The van der Waals surface area contributed by atoms with Crippen LogP contribution in [0.2, 0.25) is 0 Å². The maximum Gasteiger partial charge on any atom is 0.326 e. The Bertz CT molecular complexity index is 353. The average molecular weight is 243 g/mol. The Morgan fingerprint density at radius 1 is 1.69 bits per heavy atom. The van der Waals surface area contributed by atoms with Crippen molar-refractivity contribution in [2.75, 3.05) is 12.0 Å². The first-order valence-electron chi connectivity index (χ1n) is 4.66. The fraction of sp³-hybridized carbons (Fsp3) is 0.444. The molecule has 16 heavy (non-hydrogen) atoms. The van der Waals surface area contributed by atoms with E-state index in [1.807, 2.05) is 6.26 Å². The predicted octanol–water partition coefficient (Wildman–Crippen LogP) is 0.346. The zero-order chi connectivity index (χ0) is 12.0. The minimum absolute atomic E-state index is 0.329. The molecule has 1 heterocycles. The summed E-state index contributed by atoms with van der Waals surface area (Å²) in [5.74, 6) is -0.768. The van der Waals surface area contributed by atoms with Crippen LogP contribution in [0.15, 0.2) is 12.4 Å². The van der Waals surface area contributed by atoms with Gasteiger partial charge in [-0.15, -0.1) is 0 Å². The van der Waals surface area contributed by atoms with E-state index in [-0.39, 0.29) is 0 Å². The van der Waals surface area contributed by atoms with Crippen LogP contribution < -0.4 is 5.32 Å². The summed E-state index contributed by atoms with van der Waals surface area (Å²) >= 11 is 1.54. The van der Waals surface area contributed by atoms with Gasteiger partial charge in [-0.3, -0.25) is 9.89 Å². The monoisotopic (exact) mass is 243 g/mol. The van der Waals surface area contributed by atoms with E-state index in [0.29, 0.717) is 17.7 Å². The molecule has 1 aromatic rings. The first-order valence-corrected chi connectivity index (χ1v) is 6.06. The highest BCUT2D eigenvalue weighted by molar-refractivity contribution is 7.98. The smallest absolute Gasteiger partial charge is 0.326 e. The molecule has 1 atom stereocenters. The molecule has 0 saturated carbocycles. The van der Waals surface area contributed by atoms with Crippen molar-refractivity contribution in [2.24, 2.45) is 0 Å². The zero-order valence-electron chi connectivity index (χ0n) is 8.77. The van der Waals surface area contributed by atoms with Crippen LogP contribution in [0, 0.1) is 0 Å². The number of aliphatic carboxylic acids is 1. The van der Waals surface area contributed by atoms with Gasteiger partial charge in [0.1, 0.15) is 6.04 Å². The van der Waals surface area contributed by atoms with Gasteiger partial charge in [0, 0.05) is 6.20 Å². The second-order valence-corrected chi connectivity index (χ2v) is 4.12. The lowest BCUT2D eigenvalue weighted by molar-refractivity contribution is -0.139. The molecule has 1 rings (SSSR count). The highest BCUT2D eigenvalue weighted by Gasteiger charge is 2.20. The molecule has 0 spiro atoms. The van der Waals surface area contributed by atoms with Gasteiger partial charge >= 0.3 is 5.97 Å². The number of carbonyl (C=O) groups excluding carboxylic acids is 1. The molecule has 0 aliphatic carbocycles. The van der Waals surface area contributed by atoms with Crippen LogP contribution in [0.4, 0.5) is 0 Å². The Kier molecular flexibility index (Phi) is 4.84. The van der Waals surface area contributed by atoms with Crippen molar-refractivity contribution >= 4 is 23.6 Å². The molecule has 0 saturated heterocycles. The normalized spacial score (nSPS) is 12.1. The van der Waals surface area contributed by atoms with Gasteiger partial charge < -0.3 is 10.4 Å². The SMILES string of the molecule is CSCC[C@H](NC(=O)c1cn[nH]c1)C(=O)O. The number of hydrogen-bond acceptors (Lipinski definition) is 4. The van der Waals surface area contributed by atoms with Crippen molar-refractivity contribution in [3.05, 3.63) is 18.0 Å². The van der Waals surface area contributed by atoms with E-state index in [2.05, 4.69) is 15.5 Å². The minimum Gasteiger partial charge on any atom is -0.480 e. The lowest BCUT2D eigenvalue weighted by atomic mass is 10.2. The topological polar surface area (TPSA) is 95.1 Å². The Hall–Kier alpha value is -1.50. The molecule has 0 bridgehead atoms. The molecule has 1 amide bonds. The first kappa shape index (κ1) is 12.6. The number of rotatable bonds is 6. The van der Waals surface area contributed by atoms with E-state index in [4.69, 9.17) is 5.11 Å². The van der Waals surface area contributed by atoms with Crippen molar-refractivity contribution in [2.45, 2.75) is 12.5 Å². The number of aromatic amines is 1. The van der Waals surface area contributed by atoms with E-state index < -0.39 is 17.9 Å². The lowest BCUT2D eigenvalue weighted by Crippen LogP contribution is -2.41. The third kappa shape index (κ3) is 3.58. The Balaban J connectivity index is 2.54. The van der Waals surface area contributed by atoms with Crippen molar-refractivity contribution in [3.8, 4) is 0 Å². The summed E-state index contributed by atoms with van der Waals surface area (Å²) in [6.45, 7) is 0.